The van der Waals surface area contributed by atoms with Crippen LogP contribution in [0.2, 0.25) is 5.02 Å². The number of rotatable bonds is 9. The third kappa shape index (κ3) is 6.16. The molecule has 0 saturated heterocycles. The molecule has 1 amide bonds. The molecule has 0 aliphatic carbocycles. The Morgan fingerprint density at radius 1 is 1.12 bits per heavy atom. The van der Waals surface area contributed by atoms with Gasteiger partial charge < -0.3 is 11.1 Å². The third-order valence-corrected chi connectivity index (χ3v) is 4.54. The first-order valence-corrected chi connectivity index (χ1v) is 9.02. The molecule has 0 heterocycles. The van der Waals surface area contributed by atoms with Gasteiger partial charge in [-0.2, -0.15) is 0 Å². The van der Waals surface area contributed by atoms with Crippen molar-refractivity contribution in [3.05, 3.63) is 70.7 Å². The summed E-state index contributed by atoms with van der Waals surface area (Å²) in [5, 5.41) is 3.72. The number of halogens is 1. The van der Waals surface area contributed by atoms with E-state index in [0.29, 0.717) is 13.1 Å². The van der Waals surface area contributed by atoms with Crippen molar-refractivity contribution in [1.29, 1.82) is 0 Å². The summed E-state index contributed by atoms with van der Waals surface area (Å²) in [6, 6.07) is 17.4. The SMILES string of the molecule is CCN(CCc1ccc(Cl)cc1)C(CN)C(=O)NCc1ccccc1. The van der Waals surface area contributed by atoms with Crippen LogP contribution in [-0.4, -0.2) is 36.5 Å². The summed E-state index contributed by atoms with van der Waals surface area (Å²) in [7, 11) is 0. The molecule has 0 bridgehead atoms. The molecule has 1 atom stereocenters. The van der Waals surface area contributed by atoms with E-state index in [1.165, 1.54) is 5.56 Å². The number of benzene rings is 2. The molecule has 5 heteroatoms. The van der Waals surface area contributed by atoms with Crippen LogP contribution in [0, 0.1) is 0 Å². The van der Waals surface area contributed by atoms with Crippen molar-refractivity contribution >= 4 is 17.5 Å². The van der Waals surface area contributed by atoms with Crippen LogP contribution >= 0.6 is 11.6 Å². The van der Waals surface area contributed by atoms with E-state index in [0.717, 1.165) is 30.1 Å². The predicted octanol–water partition coefficient (Wildman–Crippen LogP) is 2.85. The van der Waals surface area contributed by atoms with E-state index in [4.69, 9.17) is 17.3 Å². The van der Waals surface area contributed by atoms with Crippen molar-refractivity contribution in [2.45, 2.75) is 25.9 Å². The third-order valence-electron chi connectivity index (χ3n) is 4.28. The van der Waals surface area contributed by atoms with Crippen molar-refractivity contribution < 1.29 is 4.79 Å². The van der Waals surface area contributed by atoms with E-state index in [9.17, 15) is 4.79 Å². The monoisotopic (exact) mass is 359 g/mol. The van der Waals surface area contributed by atoms with E-state index in [-0.39, 0.29) is 11.9 Å². The number of nitrogens with one attached hydrogen (secondary N) is 1. The summed E-state index contributed by atoms with van der Waals surface area (Å²) < 4.78 is 0. The van der Waals surface area contributed by atoms with Gasteiger partial charge in [0.1, 0.15) is 6.04 Å². The number of hydrogen-bond donors (Lipinski definition) is 2. The van der Waals surface area contributed by atoms with Crippen molar-refractivity contribution in [3.63, 3.8) is 0 Å². The highest BCUT2D eigenvalue weighted by molar-refractivity contribution is 6.30. The molecule has 134 valence electrons. The number of nitrogens with zero attached hydrogens (tertiary/aromatic N) is 1. The first-order valence-electron chi connectivity index (χ1n) is 8.64. The Kier molecular flexibility index (Phi) is 7.92. The Morgan fingerprint density at radius 2 is 1.80 bits per heavy atom. The second-order valence-electron chi connectivity index (χ2n) is 5.96. The van der Waals surface area contributed by atoms with Crippen LogP contribution in [-0.2, 0) is 17.8 Å². The molecule has 0 radical (unpaired) electrons. The van der Waals surface area contributed by atoms with Crippen molar-refractivity contribution in [1.82, 2.24) is 10.2 Å². The van der Waals surface area contributed by atoms with Gasteiger partial charge in [0.25, 0.3) is 0 Å². The molecule has 0 fully saturated rings. The minimum atomic E-state index is -0.319. The minimum Gasteiger partial charge on any atom is -0.351 e. The average Bonchev–Trinajstić information content (AvgIpc) is 2.65. The molecule has 0 spiro atoms. The molecule has 2 aromatic rings. The average molecular weight is 360 g/mol. The lowest BCUT2D eigenvalue weighted by Crippen LogP contribution is -2.51. The molecule has 25 heavy (non-hydrogen) atoms. The first kappa shape index (κ1) is 19.4. The number of carbonyl (C=O) groups is 1. The molecule has 4 nitrogen and oxygen atoms in total. The van der Waals surface area contributed by atoms with E-state index in [1.54, 1.807) is 0 Å². The van der Waals surface area contributed by atoms with E-state index >= 15 is 0 Å². The quantitative estimate of drug-likeness (QED) is 0.723. The zero-order valence-electron chi connectivity index (χ0n) is 14.6. The summed E-state index contributed by atoms with van der Waals surface area (Å²) in [6.07, 6.45) is 0.855. The molecule has 2 rings (SSSR count). The molecule has 0 aromatic heterocycles. The number of carbonyl (C=O) groups excluding carboxylic acids is 1. The topological polar surface area (TPSA) is 58.4 Å². The summed E-state index contributed by atoms with van der Waals surface area (Å²) in [5.74, 6) is -0.0238. The fraction of sp³-hybridized carbons (Fsp3) is 0.350. The summed E-state index contributed by atoms with van der Waals surface area (Å²) in [6.45, 7) is 4.42. The van der Waals surface area contributed by atoms with E-state index in [2.05, 4.69) is 17.1 Å². The van der Waals surface area contributed by atoms with Crippen LogP contribution in [0.15, 0.2) is 54.6 Å². The number of nitrogens with two attached hydrogens (primary N) is 1. The maximum atomic E-state index is 12.6. The second-order valence-corrected chi connectivity index (χ2v) is 6.40. The zero-order chi connectivity index (χ0) is 18.1. The van der Waals surface area contributed by atoms with Crippen molar-refractivity contribution in [3.8, 4) is 0 Å². The lowest BCUT2D eigenvalue weighted by atomic mass is 10.1. The lowest BCUT2D eigenvalue weighted by molar-refractivity contribution is -0.126. The molecule has 1 unspecified atom stereocenters. The second kappa shape index (κ2) is 10.2. The van der Waals surface area contributed by atoms with Crippen LogP contribution in [0.4, 0.5) is 0 Å². The molecule has 2 aromatic carbocycles. The Balaban J connectivity index is 1.90. The van der Waals surface area contributed by atoms with Gasteiger partial charge in [0, 0.05) is 24.7 Å². The summed E-state index contributed by atoms with van der Waals surface area (Å²) in [5.41, 5.74) is 8.16. The Labute approximate surface area is 155 Å². The van der Waals surface area contributed by atoms with E-state index in [1.807, 2.05) is 54.6 Å². The molecular formula is C20H26ClN3O. The lowest BCUT2D eigenvalue weighted by Gasteiger charge is -2.29. The van der Waals surface area contributed by atoms with Gasteiger partial charge in [-0.1, -0.05) is 61.0 Å². The number of amides is 1. The number of hydrogen-bond acceptors (Lipinski definition) is 3. The summed E-state index contributed by atoms with van der Waals surface area (Å²) in [4.78, 5) is 14.7. The molecule has 0 aliphatic rings. The Morgan fingerprint density at radius 3 is 2.40 bits per heavy atom. The predicted molar refractivity (Wildman–Crippen MR) is 104 cm³/mol. The van der Waals surface area contributed by atoms with Crippen LogP contribution in [0.3, 0.4) is 0 Å². The fourth-order valence-electron chi connectivity index (χ4n) is 2.78. The molecule has 3 N–H and O–H groups in total. The van der Waals surface area contributed by atoms with Gasteiger partial charge in [-0.25, -0.2) is 0 Å². The molecule has 0 aliphatic heterocycles. The largest absolute Gasteiger partial charge is 0.351 e. The standard InChI is InChI=1S/C20H26ClN3O/c1-2-24(13-12-16-8-10-18(21)11-9-16)19(14-22)20(25)23-15-17-6-4-3-5-7-17/h3-11,19H,2,12-15,22H2,1H3,(H,23,25). The normalized spacial score (nSPS) is 12.2. The Hall–Kier alpha value is -1.88. The first-order chi connectivity index (χ1) is 12.1. The van der Waals surface area contributed by atoms with Crippen LogP contribution in [0.1, 0.15) is 18.1 Å². The van der Waals surface area contributed by atoms with Crippen molar-refractivity contribution in [2.24, 2.45) is 5.73 Å². The molecular weight excluding hydrogens is 334 g/mol. The highest BCUT2D eigenvalue weighted by Crippen LogP contribution is 2.11. The highest BCUT2D eigenvalue weighted by Gasteiger charge is 2.23. The maximum Gasteiger partial charge on any atom is 0.238 e. The van der Waals surface area contributed by atoms with Crippen LogP contribution in [0.25, 0.3) is 0 Å². The van der Waals surface area contributed by atoms with Gasteiger partial charge in [0.2, 0.25) is 5.91 Å². The van der Waals surface area contributed by atoms with Gasteiger partial charge >= 0.3 is 0 Å². The van der Waals surface area contributed by atoms with Gasteiger partial charge in [-0.05, 0) is 36.2 Å². The zero-order valence-corrected chi connectivity index (χ0v) is 15.4. The minimum absolute atomic E-state index is 0.0238. The van der Waals surface area contributed by atoms with Crippen LogP contribution < -0.4 is 11.1 Å². The highest BCUT2D eigenvalue weighted by atomic mass is 35.5. The maximum absolute atomic E-state index is 12.6. The summed E-state index contributed by atoms with van der Waals surface area (Å²) >= 11 is 5.92. The van der Waals surface area contributed by atoms with Gasteiger partial charge in [-0.3, -0.25) is 9.69 Å². The van der Waals surface area contributed by atoms with Crippen LogP contribution in [0.5, 0.6) is 0 Å². The van der Waals surface area contributed by atoms with Crippen molar-refractivity contribution in [2.75, 3.05) is 19.6 Å². The van der Waals surface area contributed by atoms with Gasteiger partial charge in [-0.15, -0.1) is 0 Å². The number of likely N-dealkylation sites (N-methyl/N-ethyl adjacent to an activating group) is 1. The fourth-order valence-corrected chi connectivity index (χ4v) is 2.91. The smallest absolute Gasteiger partial charge is 0.238 e. The van der Waals surface area contributed by atoms with Gasteiger partial charge in [0.15, 0.2) is 0 Å². The molecule has 0 saturated carbocycles. The van der Waals surface area contributed by atoms with E-state index < -0.39 is 0 Å². The van der Waals surface area contributed by atoms with Gasteiger partial charge in [0.05, 0.1) is 0 Å². The Bertz CT molecular complexity index is 646.